The fourth-order valence-corrected chi connectivity index (χ4v) is 8.50. The Morgan fingerprint density at radius 1 is 1.03 bits per heavy atom. The Hall–Kier alpha value is -1.20. The minimum Gasteiger partial charge on any atom is -0.353 e. The van der Waals surface area contributed by atoms with Crippen LogP contribution in [0.2, 0.25) is 0 Å². The fraction of sp³-hybridized carbons (Fsp3) is 0.926. The molecule has 0 bridgehead atoms. The molecule has 188 valence electrons. The third-order valence-electron chi connectivity index (χ3n) is 10.5. The molecule has 4 rings (SSSR count). The normalized spacial score (nSPS) is 42.2. The van der Waals surface area contributed by atoms with Crippen LogP contribution in [0.25, 0.3) is 0 Å². The molecule has 2 amide bonds. The number of hydrogen-bond acceptors (Lipinski definition) is 2. The van der Waals surface area contributed by atoms with Crippen molar-refractivity contribution < 1.29 is 18.4 Å². The van der Waals surface area contributed by atoms with Gasteiger partial charge >= 0.3 is 0 Å². The molecule has 1 heterocycles. The van der Waals surface area contributed by atoms with Crippen LogP contribution >= 0.6 is 0 Å². The van der Waals surface area contributed by atoms with Crippen LogP contribution in [-0.2, 0) is 9.59 Å². The van der Waals surface area contributed by atoms with Crippen molar-refractivity contribution in [3.8, 4) is 0 Å². The summed E-state index contributed by atoms with van der Waals surface area (Å²) in [7, 11) is 0. The van der Waals surface area contributed by atoms with E-state index < -0.39 is 18.4 Å². The van der Waals surface area contributed by atoms with E-state index in [0.29, 0.717) is 30.6 Å². The Morgan fingerprint density at radius 2 is 1.73 bits per heavy atom. The van der Waals surface area contributed by atoms with Crippen LogP contribution in [-0.4, -0.2) is 30.3 Å². The second-order valence-corrected chi connectivity index (χ2v) is 12.7. The van der Waals surface area contributed by atoms with Gasteiger partial charge in [0.1, 0.15) is 0 Å². The van der Waals surface area contributed by atoms with Crippen molar-refractivity contribution in [2.45, 2.75) is 111 Å². The maximum atomic E-state index is 13.5. The molecule has 0 aromatic rings. The molecule has 9 atom stereocenters. The molecule has 33 heavy (non-hydrogen) atoms. The monoisotopic (exact) mass is 466 g/mol. The Balaban J connectivity index is 1.49. The molecule has 3 saturated carbocycles. The van der Waals surface area contributed by atoms with Crippen LogP contribution in [0.15, 0.2) is 0 Å². The molecule has 1 aliphatic heterocycles. The fourth-order valence-electron chi connectivity index (χ4n) is 8.50. The highest BCUT2D eigenvalue weighted by Gasteiger charge is 2.61. The Bertz CT molecular complexity index is 758. The van der Waals surface area contributed by atoms with Gasteiger partial charge in [0.2, 0.25) is 18.2 Å². The first-order valence-electron chi connectivity index (χ1n) is 13.3. The smallest absolute Gasteiger partial charge is 0.243 e. The van der Waals surface area contributed by atoms with Gasteiger partial charge in [0.05, 0.1) is 0 Å². The number of amides is 2. The summed E-state index contributed by atoms with van der Waals surface area (Å²) < 4.78 is 27.0. The van der Waals surface area contributed by atoms with Gasteiger partial charge in [-0.15, -0.1) is 0 Å². The molecular formula is C27H44F2N2O2. The summed E-state index contributed by atoms with van der Waals surface area (Å²) in [5.74, 6) is 1.25. The van der Waals surface area contributed by atoms with E-state index in [4.69, 9.17) is 0 Å². The van der Waals surface area contributed by atoms with E-state index in [9.17, 15) is 18.4 Å². The minimum atomic E-state index is -2.43. The molecule has 0 aromatic carbocycles. The van der Waals surface area contributed by atoms with Crippen molar-refractivity contribution in [1.29, 1.82) is 0 Å². The van der Waals surface area contributed by atoms with Crippen LogP contribution in [0.4, 0.5) is 8.78 Å². The summed E-state index contributed by atoms with van der Waals surface area (Å²) >= 11 is 0. The minimum absolute atomic E-state index is 0.00132. The average Bonchev–Trinajstić information content (AvgIpc) is 3.10. The van der Waals surface area contributed by atoms with E-state index in [0.717, 1.165) is 44.9 Å². The number of rotatable bonds is 6. The number of alkyl halides is 2. The largest absolute Gasteiger partial charge is 0.353 e. The summed E-state index contributed by atoms with van der Waals surface area (Å²) in [6.07, 6.45) is 5.96. The summed E-state index contributed by atoms with van der Waals surface area (Å²) in [5.41, 5.74) is 0.108. The zero-order valence-electron chi connectivity index (χ0n) is 21.1. The van der Waals surface area contributed by atoms with Gasteiger partial charge in [0.15, 0.2) is 0 Å². The van der Waals surface area contributed by atoms with E-state index in [1.54, 1.807) is 6.92 Å². The van der Waals surface area contributed by atoms with Gasteiger partial charge in [-0.3, -0.25) is 9.59 Å². The van der Waals surface area contributed by atoms with Gasteiger partial charge < -0.3 is 10.6 Å². The first-order chi connectivity index (χ1) is 15.5. The van der Waals surface area contributed by atoms with Gasteiger partial charge in [-0.25, -0.2) is 8.78 Å². The maximum Gasteiger partial charge on any atom is 0.243 e. The topological polar surface area (TPSA) is 58.2 Å². The summed E-state index contributed by atoms with van der Waals surface area (Å²) in [6, 6.07) is -0.186. The molecular weight excluding hydrogens is 422 g/mol. The third-order valence-corrected chi connectivity index (χ3v) is 10.5. The number of carbonyl (C=O) groups is 2. The van der Waals surface area contributed by atoms with Gasteiger partial charge in [-0.1, -0.05) is 34.6 Å². The zero-order chi connectivity index (χ0) is 24.1. The lowest BCUT2D eigenvalue weighted by molar-refractivity contribution is -0.142. The SMILES string of the molecule is CC(C)CC(NC(=O)[C@H]1CC[C@H]2[C@@H]3CC[C@H]4NC(=O)CC[C@]4(C)[C@H]3CC[C@]12C)C(C)C(F)F. The number of halogens is 2. The number of carbonyl (C=O) groups excluding carboxylic acids is 2. The van der Waals surface area contributed by atoms with Crippen LogP contribution in [0, 0.1) is 46.3 Å². The number of nitrogens with one attached hydrogen (secondary N) is 2. The predicted molar refractivity (Wildman–Crippen MR) is 126 cm³/mol. The van der Waals surface area contributed by atoms with Gasteiger partial charge in [-0.05, 0) is 85.9 Å². The number of piperidine rings is 1. The summed E-state index contributed by atoms with van der Waals surface area (Å²) in [4.78, 5) is 25.5. The Morgan fingerprint density at radius 3 is 2.39 bits per heavy atom. The molecule has 0 radical (unpaired) electrons. The second kappa shape index (κ2) is 9.11. The average molecular weight is 467 g/mol. The van der Waals surface area contributed by atoms with Crippen molar-refractivity contribution >= 4 is 11.8 Å². The highest BCUT2D eigenvalue weighted by atomic mass is 19.3. The number of hydrogen-bond donors (Lipinski definition) is 2. The Kier molecular flexibility index (Phi) is 6.88. The van der Waals surface area contributed by atoms with Crippen LogP contribution in [0.3, 0.4) is 0 Å². The highest BCUT2D eigenvalue weighted by molar-refractivity contribution is 5.80. The molecule has 6 heteroatoms. The molecule has 1 saturated heterocycles. The summed E-state index contributed by atoms with van der Waals surface area (Å²) in [6.45, 7) is 10.3. The van der Waals surface area contributed by atoms with Crippen molar-refractivity contribution in [3.63, 3.8) is 0 Å². The van der Waals surface area contributed by atoms with Crippen molar-refractivity contribution in [3.05, 3.63) is 0 Å². The molecule has 2 unspecified atom stereocenters. The second-order valence-electron chi connectivity index (χ2n) is 12.7. The van der Waals surface area contributed by atoms with E-state index in [1.807, 2.05) is 13.8 Å². The zero-order valence-corrected chi connectivity index (χ0v) is 21.1. The van der Waals surface area contributed by atoms with Crippen molar-refractivity contribution in [1.82, 2.24) is 10.6 Å². The lowest BCUT2D eigenvalue weighted by Crippen LogP contribution is -2.61. The van der Waals surface area contributed by atoms with E-state index >= 15 is 0 Å². The quantitative estimate of drug-likeness (QED) is 0.539. The molecule has 4 nitrogen and oxygen atoms in total. The maximum absolute atomic E-state index is 13.5. The van der Waals surface area contributed by atoms with Crippen LogP contribution in [0.5, 0.6) is 0 Å². The van der Waals surface area contributed by atoms with Crippen LogP contribution in [0.1, 0.15) is 92.4 Å². The van der Waals surface area contributed by atoms with Crippen molar-refractivity contribution in [2.75, 3.05) is 0 Å². The number of fused-ring (bicyclic) bond motifs is 5. The van der Waals surface area contributed by atoms with Crippen molar-refractivity contribution in [2.24, 2.45) is 46.3 Å². The van der Waals surface area contributed by atoms with E-state index in [-0.39, 0.29) is 40.5 Å². The highest BCUT2D eigenvalue weighted by Crippen LogP contribution is 2.65. The molecule has 0 spiro atoms. The molecule has 0 aromatic heterocycles. The first kappa shape index (κ1) is 24.9. The predicted octanol–water partition coefficient (Wildman–Crippen LogP) is 5.56. The lowest BCUT2D eigenvalue weighted by atomic mass is 9.47. The van der Waals surface area contributed by atoms with E-state index in [1.165, 1.54) is 0 Å². The Labute approximate surface area is 198 Å². The van der Waals surface area contributed by atoms with E-state index in [2.05, 4.69) is 24.5 Å². The molecule has 4 fully saturated rings. The molecule has 4 aliphatic rings. The molecule has 3 aliphatic carbocycles. The van der Waals surface area contributed by atoms with Gasteiger partial charge in [-0.2, -0.15) is 0 Å². The van der Waals surface area contributed by atoms with Crippen LogP contribution < -0.4 is 10.6 Å². The molecule has 2 N–H and O–H groups in total. The van der Waals surface area contributed by atoms with Gasteiger partial charge in [0.25, 0.3) is 0 Å². The lowest BCUT2D eigenvalue weighted by Gasteiger charge is -2.60. The van der Waals surface area contributed by atoms with Gasteiger partial charge in [0, 0.05) is 30.3 Å². The third kappa shape index (κ3) is 4.33. The first-order valence-corrected chi connectivity index (χ1v) is 13.3. The summed E-state index contributed by atoms with van der Waals surface area (Å²) in [5, 5.41) is 6.37. The standard InChI is InChI=1S/C27H44F2N2O2/c1-15(2)14-21(16(3)24(28)29)30-25(33)20-8-7-18-17-6-9-22-27(5,13-11-23(32)31-22)19(17)10-12-26(18,20)4/h15-22,24H,6-14H2,1-5H3,(H,30,33)(H,31,32)/t16?,17-,18-,19-,20+,21?,22+,26-,27+/m0/s1.